The van der Waals surface area contributed by atoms with Gasteiger partial charge in [0.25, 0.3) is 0 Å². The van der Waals surface area contributed by atoms with Gasteiger partial charge in [-0.2, -0.15) is 13.2 Å². The molecule has 3 aromatic carbocycles. The third-order valence-electron chi connectivity index (χ3n) is 4.63. The maximum atomic E-state index is 13.0. The van der Waals surface area contributed by atoms with Crippen LogP contribution in [0.4, 0.5) is 18.9 Å². The first kappa shape index (κ1) is 22.6. The first-order valence-electron chi connectivity index (χ1n) is 9.28. The van der Waals surface area contributed by atoms with E-state index in [1.807, 2.05) is 0 Å². The Morgan fingerprint density at radius 1 is 0.839 bits per heavy atom. The molecular weight excluding hydrogens is 429 g/mol. The zero-order valence-corrected chi connectivity index (χ0v) is 17.3. The molecule has 0 bridgehead atoms. The number of sulfonamides is 1. The average molecular weight is 450 g/mol. The normalized spacial score (nSPS) is 14.1. The number of hydrogen-bond donors (Lipinski definition) is 3. The Morgan fingerprint density at radius 3 is 1.81 bits per heavy atom. The summed E-state index contributed by atoms with van der Waals surface area (Å²) in [5.74, 6) is -0.595. The lowest BCUT2D eigenvalue weighted by Gasteiger charge is -2.30. The van der Waals surface area contributed by atoms with Gasteiger partial charge in [-0.25, -0.2) is 13.1 Å². The molecule has 9 heteroatoms. The molecule has 0 aromatic heterocycles. The molecule has 0 heterocycles. The minimum atomic E-state index is -4.60. The summed E-state index contributed by atoms with van der Waals surface area (Å²) < 4.78 is 65.7. The number of alkyl halides is 3. The fourth-order valence-electron chi connectivity index (χ4n) is 3.24. The fraction of sp³-hybridized carbons (Fsp3) is 0.182. The standard InChI is InChI=1S/C22H21F3N2O3S/c1-31(29,30)27-21(16-10-6-3-7-11-16)20(15-8-4-2-5-9-15)26-18-13-12-17(14-19(18)28)22(23,24)25/h2-14,20-21,26-28H,1H3/t20-,21-/m1/s1. The zero-order chi connectivity index (χ0) is 22.6. The molecule has 0 saturated heterocycles. The summed E-state index contributed by atoms with van der Waals surface area (Å²) in [4.78, 5) is 0. The molecule has 0 aliphatic heterocycles. The molecule has 3 N–H and O–H groups in total. The predicted octanol–water partition coefficient (Wildman–Crippen LogP) is 4.85. The molecule has 164 valence electrons. The molecule has 0 aliphatic rings. The number of phenols is 1. The van der Waals surface area contributed by atoms with E-state index in [0.717, 1.165) is 18.4 Å². The lowest BCUT2D eigenvalue weighted by Crippen LogP contribution is -2.35. The van der Waals surface area contributed by atoms with E-state index in [0.29, 0.717) is 17.2 Å². The second-order valence-corrected chi connectivity index (χ2v) is 8.82. The van der Waals surface area contributed by atoms with Crippen LogP contribution >= 0.6 is 0 Å². The molecule has 5 nitrogen and oxygen atoms in total. The fourth-order valence-corrected chi connectivity index (χ4v) is 3.97. The van der Waals surface area contributed by atoms with Crippen molar-refractivity contribution in [3.05, 3.63) is 95.6 Å². The monoisotopic (exact) mass is 450 g/mol. The summed E-state index contributed by atoms with van der Waals surface area (Å²) in [7, 11) is -3.65. The van der Waals surface area contributed by atoms with Crippen LogP contribution in [0.5, 0.6) is 5.75 Å². The summed E-state index contributed by atoms with van der Waals surface area (Å²) >= 11 is 0. The van der Waals surface area contributed by atoms with Crippen molar-refractivity contribution in [3.63, 3.8) is 0 Å². The van der Waals surface area contributed by atoms with E-state index in [2.05, 4.69) is 10.0 Å². The summed E-state index contributed by atoms with van der Waals surface area (Å²) in [5, 5.41) is 13.3. The molecule has 0 aliphatic carbocycles. The van der Waals surface area contributed by atoms with E-state index in [9.17, 15) is 26.7 Å². The number of aromatic hydroxyl groups is 1. The van der Waals surface area contributed by atoms with Crippen LogP contribution in [0.15, 0.2) is 78.9 Å². The third kappa shape index (κ3) is 5.99. The minimum absolute atomic E-state index is 0.0399. The maximum Gasteiger partial charge on any atom is 0.416 e. The van der Waals surface area contributed by atoms with Gasteiger partial charge in [0, 0.05) is 0 Å². The van der Waals surface area contributed by atoms with E-state index >= 15 is 0 Å². The van der Waals surface area contributed by atoms with Crippen molar-refractivity contribution < 1.29 is 26.7 Å². The molecule has 0 fully saturated rings. The Morgan fingerprint density at radius 2 is 1.35 bits per heavy atom. The van der Waals surface area contributed by atoms with Gasteiger partial charge in [0.15, 0.2) is 0 Å². The van der Waals surface area contributed by atoms with Gasteiger partial charge in [-0.3, -0.25) is 0 Å². The first-order chi connectivity index (χ1) is 14.5. The molecule has 3 aromatic rings. The zero-order valence-electron chi connectivity index (χ0n) is 16.5. The summed E-state index contributed by atoms with van der Waals surface area (Å²) in [6.45, 7) is 0. The van der Waals surface area contributed by atoms with Crippen LogP contribution in [0.1, 0.15) is 28.8 Å². The predicted molar refractivity (Wildman–Crippen MR) is 113 cm³/mol. The van der Waals surface area contributed by atoms with E-state index in [1.54, 1.807) is 60.7 Å². The summed E-state index contributed by atoms with van der Waals surface area (Å²) in [6.07, 6.45) is -3.57. The van der Waals surface area contributed by atoms with Crippen LogP contribution in [0.3, 0.4) is 0 Å². The largest absolute Gasteiger partial charge is 0.506 e. The molecule has 0 amide bonds. The molecule has 0 saturated carbocycles. The molecular formula is C22H21F3N2O3S. The number of anilines is 1. The van der Waals surface area contributed by atoms with Crippen molar-refractivity contribution in [3.8, 4) is 5.75 Å². The first-order valence-corrected chi connectivity index (χ1v) is 11.2. The summed E-state index contributed by atoms with van der Waals surface area (Å²) in [5.41, 5.74) is 0.367. The Balaban J connectivity index is 2.08. The topological polar surface area (TPSA) is 78.4 Å². The van der Waals surface area contributed by atoms with Gasteiger partial charge in [0.05, 0.1) is 29.6 Å². The minimum Gasteiger partial charge on any atom is -0.506 e. The summed E-state index contributed by atoms with van der Waals surface area (Å²) in [6, 6.07) is 18.7. The second-order valence-electron chi connectivity index (χ2n) is 7.04. The highest BCUT2D eigenvalue weighted by atomic mass is 32.2. The van der Waals surface area contributed by atoms with Crippen LogP contribution in [-0.2, 0) is 16.2 Å². The Bertz CT molecular complexity index is 1120. The number of nitrogens with one attached hydrogen (secondary N) is 2. The Kier molecular flexibility index (Phi) is 6.56. The number of hydrogen-bond acceptors (Lipinski definition) is 4. The number of rotatable bonds is 7. The molecule has 3 rings (SSSR count). The lowest BCUT2D eigenvalue weighted by molar-refractivity contribution is -0.137. The van der Waals surface area contributed by atoms with Gasteiger partial charge in [-0.1, -0.05) is 60.7 Å². The van der Waals surface area contributed by atoms with E-state index in [1.165, 1.54) is 0 Å². The van der Waals surface area contributed by atoms with E-state index in [4.69, 9.17) is 0 Å². The SMILES string of the molecule is CS(=O)(=O)N[C@H](c1ccccc1)[C@H](Nc1ccc(C(F)(F)F)cc1O)c1ccccc1. The van der Waals surface area contributed by atoms with E-state index in [-0.39, 0.29) is 5.69 Å². The highest BCUT2D eigenvalue weighted by molar-refractivity contribution is 7.88. The highest BCUT2D eigenvalue weighted by Gasteiger charge is 2.32. The number of phenolic OH excluding ortho intramolecular Hbond substituents is 1. The van der Waals surface area contributed by atoms with Crippen molar-refractivity contribution >= 4 is 15.7 Å². The quantitative estimate of drug-likeness (QED) is 0.450. The van der Waals surface area contributed by atoms with Crippen LogP contribution in [0.25, 0.3) is 0 Å². The van der Waals surface area contributed by atoms with Crippen molar-refractivity contribution in [2.24, 2.45) is 0 Å². The van der Waals surface area contributed by atoms with Gasteiger partial charge in [-0.15, -0.1) is 0 Å². The van der Waals surface area contributed by atoms with Crippen molar-refractivity contribution in [1.82, 2.24) is 4.72 Å². The number of halogens is 3. The van der Waals surface area contributed by atoms with Crippen molar-refractivity contribution in [1.29, 1.82) is 0 Å². The van der Waals surface area contributed by atoms with Crippen LogP contribution in [-0.4, -0.2) is 19.8 Å². The molecule has 0 radical (unpaired) electrons. The Hall–Kier alpha value is -3.04. The van der Waals surface area contributed by atoms with E-state index < -0.39 is 39.6 Å². The van der Waals surface area contributed by atoms with Crippen LogP contribution < -0.4 is 10.0 Å². The third-order valence-corrected chi connectivity index (χ3v) is 5.31. The van der Waals surface area contributed by atoms with Gasteiger partial charge < -0.3 is 10.4 Å². The van der Waals surface area contributed by atoms with Gasteiger partial charge in [0.1, 0.15) is 5.75 Å². The highest BCUT2D eigenvalue weighted by Crippen LogP contribution is 2.38. The smallest absolute Gasteiger partial charge is 0.416 e. The van der Waals surface area contributed by atoms with Crippen molar-refractivity contribution in [2.45, 2.75) is 18.3 Å². The average Bonchev–Trinajstić information content (AvgIpc) is 2.71. The number of benzene rings is 3. The van der Waals surface area contributed by atoms with Gasteiger partial charge >= 0.3 is 6.18 Å². The maximum absolute atomic E-state index is 13.0. The molecule has 0 unspecified atom stereocenters. The van der Waals surface area contributed by atoms with Crippen molar-refractivity contribution in [2.75, 3.05) is 11.6 Å². The molecule has 2 atom stereocenters. The van der Waals surface area contributed by atoms with Gasteiger partial charge in [-0.05, 0) is 29.3 Å². The molecule has 31 heavy (non-hydrogen) atoms. The van der Waals surface area contributed by atoms with Crippen LogP contribution in [0, 0.1) is 0 Å². The second kappa shape index (κ2) is 8.99. The molecule has 0 spiro atoms. The van der Waals surface area contributed by atoms with Crippen LogP contribution in [0.2, 0.25) is 0 Å². The lowest BCUT2D eigenvalue weighted by atomic mass is 9.93. The van der Waals surface area contributed by atoms with Gasteiger partial charge in [0.2, 0.25) is 10.0 Å². The Labute approximate surface area is 178 Å².